The zero-order chi connectivity index (χ0) is 27.3. The van der Waals surface area contributed by atoms with Crippen LogP contribution in [0.2, 0.25) is 0 Å². The number of halogens is 3. The van der Waals surface area contributed by atoms with Gasteiger partial charge in [-0.1, -0.05) is 24.3 Å². The first-order valence-corrected chi connectivity index (χ1v) is 13.2. The fraction of sp³-hybridized carbons (Fsp3) is 0.281. The van der Waals surface area contributed by atoms with E-state index >= 15 is 0 Å². The number of para-hydroxylation sites is 1. The summed E-state index contributed by atoms with van der Waals surface area (Å²) in [6.07, 6.45) is 1.73. The second-order valence-corrected chi connectivity index (χ2v) is 10.6. The van der Waals surface area contributed by atoms with E-state index in [0.29, 0.717) is 47.1 Å². The van der Waals surface area contributed by atoms with Crippen LogP contribution in [0.25, 0.3) is 27.6 Å². The van der Waals surface area contributed by atoms with Crippen molar-refractivity contribution in [1.29, 1.82) is 0 Å². The van der Waals surface area contributed by atoms with Crippen LogP contribution in [-0.4, -0.2) is 10.6 Å². The fourth-order valence-corrected chi connectivity index (χ4v) is 5.43. The topological polar surface area (TPSA) is 47.2 Å². The summed E-state index contributed by atoms with van der Waals surface area (Å²) in [6.45, 7) is 4.62. The summed E-state index contributed by atoms with van der Waals surface area (Å²) < 4.78 is 47.5. The number of aryl methyl sites for hydroxylation is 3. The van der Waals surface area contributed by atoms with Crippen molar-refractivity contribution in [3.63, 3.8) is 0 Å². The van der Waals surface area contributed by atoms with Gasteiger partial charge in [0.2, 0.25) is 0 Å². The molecule has 4 nitrogen and oxygen atoms in total. The highest BCUT2D eigenvalue weighted by atomic mass is 19.4. The van der Waals surface area contributed by atoms with Crippen molar-refractivity contribution in [1.82, 2.24) is 9.88 Å². The predicted molar refractivity (Wildman–Crippen MR) is 147 cm³/mol. The highest BCUT2D eigenvalue weighted by Crippen LogP contribution is 2.36. The maximum atomic E-state index is 13.3. The van der Waals surface area contributed by atoms with Crippen molar-refractivity contribution in [3.8, 4) is 5.69 Å². The van der Waals surface area contributed by atoms with Crippen LogP contribution in [0.15, 0.2) is 82.3 Å². The molecule has 1 fully saturated rings. The van der Waals surface area contributed by atoms with E-state index < -0.39 is 11.7 Å². The molecule has 0 unspecified atom stereocenters. The highest BCUT2D eigenvalue weighted by Gasteiger charge is 2.36. The van der Waals surface area contributed by atoms with Gasteiger partial charge in [-0.3, -0.25) is 4.79 Å². The smallest absolute Gasteiger partial charge is 0.416 e. The molecule has 3 aromatic carbocycles. The Labute approximate surface area is 224 Å². The minimum atomic E-state index is -4.39. The minimum absolute atomic E-state index is 0.0481. The lowest BCUT2D eigenvalue weighted by molar-refractivity contribution is -0.137. The summed E-state index contributed by atoms with van der Waals surface area (Å²) in [4.78, 5) is 13.0. The molecule has 2 atom stereocenters. The molecule has 1 saturated carbocycles. The molecule has 1 aliphatic carbocycles. The first-order chi connectivity index (χ1) is 18.7. The number of hydrogen-bond donors (Lipinski definition) is 1. The molecule has 39 heavy (non-hydrogen) atoms. The van der Waals surface area contributed by atoms with E-state index in [1.807, 2.05) is 61.0 Å². The third-order valence-corrected chi connectivity index (χ3v) is 7.97. The molecule has 1 aliphatic rings. The Kier molecular flexibility index (Phi) is 6.34. The molecule has 0 radical (unpaired) electrons. The molecule has 0 spiro atoms. The number of aromatic nitrogens is 1. The summed E-state index contributed by atoms with van der Waals surface area (Å²) in [5, 5.41) is 5.27. The normalized spacial score (nSPS) is 17.3. The Balaban J connectivity index is 1.14. The Hall–Kier alpha value is -3.84. The number of benzene rings is 3. The first kappa shape index (κ1) is 25.4. The number of alkyl halides is 3. The summed E-state index contributed by atoms with van der Waals surface area (Å²) in [5.41, 5.74) is 5.29. The Morgan fingerprint density at radius 3 is 2.59 bits per heavy atom. The summed E-state index contributed by atoms with van der Waals surface area (Å²) in [6, 6.07) is 17.4. The van der Waals surface area contributed by atoms with Crippen LogP contribution in [0, 0.1) is 19.8 Å². The molecule has 7 heteroatoms. The van der Waals surface area contributed by atoms with Crippen LogP contribution in [0.5, 0.6) is 0 Å². The molecule has 0 amide bonds. The summed E-state index contributed by atoms with van der Waals surface area (Å²) in [7, 11) is 0. The lowest BCUT2D eigenvalue weighted by atomic mass is 10.0. The lowest BCUT2D eigenvalue weighted by Gasteiger charge is -2.10. The van der Waals surface area contributed by atoms with Crippen molar-refractivity contribution in [2.75, 3.05) is 0 Å². The van der Waals surface area contributed by atoms with E-state index in [-0.39, 0.29) is 5.43 Å². The van der Waals surface area contributed by atoms with E-state index in [4.69, 9.17) is 4.42 Å². The average Bonchev–Trinajstić information content (AvgIpc) is 3.57. The second-order valence-electron chi connectivity index (χ2n) is 10.6. The van der Waals surface area contributed by atoms with Gasteiger partial charge in [-0.05, 0) is 92.1 Å². The van der Waals surface area contributed by atoms with Crippen LogP contribution >= 0.6 is 0 Å². The van der Waals surface area contributed by atoms with Crippen LogP contribution in [0.1, 0.15) is 40.7 Å². The van der Waals surface area contributed by atoms with E-state index in [9.17, 15) is 18.0 Å². The number of hydrogen-bond acceptors (Lipinski definition) is 3. The van der Waals surface area contributed by atoms with Crippen LogP contribution in [0.4, 0.5) is 13.2 Å². The van der Waals surface area contributed by atoms with Gasteiger partial charge in [0.05, 0.1) is 22.7 Å². The van der Waals surface area contributed by atoms with Crippen LogP contribution in [0.3, 0.4) is 0 Å². The standard InChI is InChI=1S/C32H29F3N2O2/c1-19-12-27-30(13-20(19)2)39-18-22(31(27)38)11-10-21-14-28(21)36-16-23-17-37(29-9-4-3-8-26(23)29)25-7-5-6-24(15-25)32(33,34)35/h3-9,12-13,15,17-18,21,28,36H,10-11,14,16H2,1-2H3/t21-,28-/m1/s1. The molecular weight excluding hydrogens is 501 g/mol. The van der Waals surface area contributed by atoms with Crippen molar-refractivity contribution in [2.24, 2.45) is 5.92 Å². The average molecular weight is 531 g/mol. The molecule has 5 aromatic rings. The molecule has 0 saturated heterocycles. The summed E-state index contributed by atoms with van der Waals surface area (Å²) in [5.74, 6) is 0.469. The van der Waals surface area contributed by atoms with Gasteiger partial charge in [-0.25, -0.2) is 0 Å². The van der Waals surface area contributed by atoms with Crippen molar-refractivity contribution < 1.29 is 17.6 Å². The van der Waals surface area contributed by atoms with Crippen LogP contribution < -0.4 is 10.7 Å². The van der Waals surface area contributed by atoms with E-state index in [2.05, 4.69) is 5.32 Å². The van der Waals surface area contributed by atoms with Crippen LogP contribution in [-0.2, 0) is 19.1 Å². The molecule has 1 N–H and O–H groups in total. The molecule has 0 bridgehead atoms. The lowest BCUT2D eigenvalue weighted by Crippen LogP contribution is -2.18. The van der Waals surface area contributed by atoms with Gasteiger partial charge < -0.3 is 14.3 Å². The molecule has 2 aromatic heterocycles. The Morgan fingerprint density at radius 2 is 1.77 bits per heavy atom. The largest absolute Gasteiger partial charge is 0.464 e. The van der Waals surface area contributed by atoms with Crippen molar-refractivity contribution >= 4 is 21.9 Å². The highest BCUT2D eigenvalue weighted by molar-refractivity contribution is 5.85. The molecule has 0 aliphatic heterocycles. The zero-order valence-electron chi connectivity index (χ0n) is 21.8. The van der Waals surface area contributed by atoms with E-state index in [1.54, 1.807) is 12.3 Å². The van der Waals surface area contributed by atoms with Gasteiger partial charge >= 0.3 is 6.18 Å². The van der Waals surface area contributed by atoms with E-state index in [0.717, 1.165) is 46.5 Å². The number of fused-ring (bicyclic) bond motifs is 2. The van der Waals surface area contributed by atoms with Gasteiger partial charge in [-0.2, -0.15) is 13.2 Å². The van der Waals surface area contributed by atoms with E-state index in [1.165, 1.54) is 12.1 Å². The maximum absolute atomic E-state index is 13.3. The molecule has 200 valence electrons. The predicted octanol–water partition coefficient (Wildman–Crippen LogP) is 7.48. The second kappa shape index (κ2) is 9.72. The molecule has 2 heterocycles. The van der Waals surface area contributed by atoms with Gasteiger partial charge in [0.25, 0.3) is 0 Å². The zero-order valence-corrected chi connectivity index (χ0v) is 21.8. The van der Waals surface area contributed by atoms with Crippen molar-refractivity contribution in [2.45, 2.75) is 51.9 Å². The third kappa shape index (κ3) is 4.99. The third-order valence-electron chi connectivity index (χ3n) is 7.97. The monoisotopic (exact) mass is 530 g/mol. The van der Waals surface area contributed by atoms with Gasteiger partial charge in [0, 0.05) is 35.4 Å². The summed E-state index contributed by atoms with van der Waals surface area (Å²) >= 11 is 0. The number of nitrogens with zero attached hydrogens (tertiary/aromatic N) is 1. The Morgan fingerprint density at radius 1 is 0.974 bits per heavy atom. The Bertz CT molecular complexity index is 1750. The minimum Gasteiger partial charge on any atom is -0.464 e. The van der Waals surface area contributed by atoms with Gasteiger partial charge in [0.1, 0.15) is 5.58 Å². The van der Waals surface area contributed by atoms with Gasteiger partial charge in [-0.15, -0.1) is 0 Å². The first-order valence-electron chi connectivity index (χ1n) is 13.2. The number of nitrogens with one attached hydrogen (secondary N) is 1. The van der Waals surface area contributed by atoms with Gasteiger partial charge in [0.15, 0.2) is 5.43 Å². The SMILES string of the molecule is Cc1cc2occ(CC[C@@H]3C[C@H]3NCc3cn(-c4cccc(C(F)(F)F)c4)c4ccccc34)c(=O)c2cc1C. The molecule has 6 rings (SSSR count). The quantitative estimate of drug-likeness (QED) is 0.237. The number of rotatable bonds is 7. The molecular formula is C32H29F3N2O2. The fourth-order valence-electron chi connectivity index (χ4n) is 5.43. The van der Waals surface area contributed by atoms with Crippen molar-refractivity contribution in [3.05, 3.63) is 111 Å². The maximum Gasteiger partial charge on any atom is 0.416 e.